The Balaban J connectivity index is 3.41. The maximum Gasteiger partial charge on any atom is 0.302 e. The van der Waals surface area contributed by atoms with E-state index in [9.17, 15) is 4.79 Å². The minimum absolute atomic E-state index is 0.0764. The van der Waals surface area contributed by atoms with E-state index in [-0.39, 0.29) is 12.1 Å². The van der Waals surface area contributed by atoms with Gasteiger partial charge in [0.25, 0.3) is 0 Å². The van der Waals surface area contributed by atoms with Gasteiger partial charge < -0.3 is 4.74 Å². The summed E-state index contributed by atoms with van der Waals surface area (Å²) in [6.07, 6.45) is 4.66. The summed E-state index contributed by atoms with van der Waals surface area (Å²) in [6.45, 7) is 10.2. The topological polar surface area (TPSA) is 26.3 Å². The number of ether oxygens (including phenoxy) is 1. The molecule has 0 saturated carbocycles. The van der Waals surface area contributed by atoms with E-state index in [0.29, 0.717) is 5.41 Å². The van der Waals surface area contributed by atoms with E-state index in [2.05, 4.69) is 20.8 Å². The van der Waals surface area contributed by atoms with Crippen molar-refractivity contribution in [1.82, 2.24) is 0 Å². The molecule has 0 amide bonds. The normalized spacial score (nSPS) is 13.8. The van der Waals surface area contributed by atoms with Gasteiger partial charge in [-0.15, -0.1) is 0 Å². The Bertz CT molecular complexity index is 168. The zero-order valence-corrected chi connectivity index (χ0v) is 10.2. The molecule has 0 radical (unpaired) electrons. The SMILES string of the molecule is CC(=O)OC(C)CCCCC(C)(C)C. The first-order valence-corrected chi connectivity index (χ1v) is 5.48. The predicted molar refractivity (Wildman–Crippen MR) is 59.2 cm³/mol. The zero-order chi connectivity index (χ0) is 11.2. The largest absolute Gasteiger partial charge is 0.463 e. The highest BCUT2D eigenvalue weighted by atomic mass is 16.5. The molecular formula is C12H24O2. The lowest BCUT2D eigenvalue weighted by Crippen LogP contribution is -2.12. The first-order chi connectivity index (χ1) is 6.31. The van der Waals surface area contributed by atoms with Gasteiger partial charge in [0.1, 0.15) is 0 Å². The van der Waals surface area contributed by atoms with E-state index in [4.69, 9.17) is 4.74 Å². The van der Waals surface area contributed by atoms with Gasteiger partial charge in [-0.25, -0.2) is 0 Å². The molecule has 1 atom stereocenters. The fourth-order valence-corrected chi connectivity index (χ4v) is 1.43. The van der Waals surface area contributed by atoms with Crippen molar-refractivity contribution in [3.63, 3.8) is 0 Å². The third kappa shape index (κ3) is 9.56. The molecule has 2 nitrogen and oxygen atoms in total. The van der Waals surface area contributed by atoms with Crippen LogP contribution in [-0.4, -0.2) is 12.1 Å². The lowest BCUT2D eigenvalue weighted by atomic mass is 9.89. The Morgan fingerprint density at radius 2 is 1.86 bits per heavy atom. The molecule has 0 aromatic rings. The van der Waals surface area contributed by atoms with Crippen molar-refractivity contribution in [3.8, 4) is 0 Å². The molecule has 0 spiro atoms. The lowest BCUT2D eigenvalue weighted by molar-refractivity contribution is -0.145. The molecule has 0 heterocycles. The molecule has 0 aliphatic carbocycles. The smallest absolute Gasteiger partial charge is 0.302 e. The number of esters is 1. The van der Waals surface area contributed by atoms with Crippen LogP contribution >= 0.6 is 0 Å². The number of carbonyl (C=O) groups excluding carboxylic acids is 1. The molecule has 0 aliphatic heterocycles. The van der Waals surface area contributed by atoms with Crippen LogP contribution in [0.4, 0.5) is 0 Å². The van der Waals surface area contributed by atoms with Crippen molar-refractivity contribution in [2.75, 3.05) is 0 Å². The zero-order valence-electron chi connectivity index (χ0n) is 10.2. The van der Waals surface area contributed by atoms with Gasteiger partial charge in [-0.05, 0) is 31.6 Å². The van der Waals surface area contributed by atoms with Gasteiger partial charge in [0.05, 0.1) is 6.10 Å². The number of hydrogen-bond acceptors (Lipinski definition) is 2. The maximum atomic E-state index is 10.6. The summed E-state index contributed by atoms with van der Waals surface area (Å²) in [5.41, 5.74) is 0.421. The van der Waals surface area contributed by atoms with Crippen molar-refractivity contribution < 1.29 is 9.53 Å². The van der Waals surface area contributed by atoms with Crippen LogP contribution in [0.5, 0.6) is 0 Å². The monoisotopic (exact) mass is 200 g/mol. The molecule has 0 N–H and O–H groups in total. The summed E-state index contributed by atoms with van der Waals surface area (Å²) in [7, 11) is 0. The van der Waals surface area contributed by atoms with Crippen LogP contribution in [0, 0.1) is 5.41 Å². The van der Waals surface area contributed by atoms with Crippen LogP contribution in [0.15, 0.2) is 0 Å². The van der Waals surface area contributed by atoms with Crippen molar-refractivity contribution in [1.29, 1.82) is 0 Å². The Labute approximate surface area is 88.0 Å². The molecule has 14 heavy (non-hydrogen) atoms. The van der Waals surface area contributed by atoms with Crippen molar-refractivity contribution in [3.05, 3.63) is 0 Å². The molecule has 0 aromatic carbocycles. The summed E-state index contributed by atoms with van der Waals surface area (Å²) in [5, 5.41) is 0. The molecule has 0 saturated heterocycles. The number of hydrogen-bond donors (Lipinski definition) is 0. The second kappa shape index (κ2) is 6.05. The van der Waals surface area contributed by atoms with Gasteiger partial charge in [-0.1, -0.05) is 27.2 Å². The molecule has 2 heteroatoms. The van der Waals surface area contributed by atoms with Gasteiger partial charge in [0.2, 0.25) is 0 Å². The maximum absolute atomic E-state index is 10.6. The predicted octanol–water partition coefficient (Wildman–Crippen LogP) is 3.54. The summed E-state index contributed by atoms with van der Waals surface area (Å²) in [6, 6.07) is 0. The van der Waals surface area contributed by atoms with E-state index in [1.165, 1.54) is 19.8 Å². The van der Waals surface area contributed by atoms with Crippen LogP contribution in [0.25, 0.3) is 0 Å². The molecule has 1 unspecified atom stereocenters. The Hall–Kier alpha value is -0.530. The van der Waals surface area contributed by atoms with Gasteiger partial charge in [-0.2, -0.15) is 0 Å². The standard InChI is InChI=1S/C12H24O2/c1-10(14-11(2)13)8-6-7-9-12(3,4)5/h10H,6-9H2,1-5H3. The molecule has 0 fully saturated rings. The highest BCUT2D eigenvalue weighted by Gasteiger charge is 2.10. The van der Waals surface area contributed by atoms with E-state index in [1.54, 1.807) is 0 Å². The second-order valence-corrected chi connectivity index (χ2v) is 5.23. The van der Waals surface area contributed by atoms with Crippen LogP contribution in [-0.2, 0) is 9.53 Å². The number of rotatable bonds is 5. The minimum atomic E-state index is -0.173. The third-order valence-corrected chi connectivity index (χ3v) is 2.15. The Morgan fingerprint density at radius 3 is 2.29 bits per heavy atom. The average molecular weight is 200 g/mol. The number of carbonyl (C=O) groups is 1. The number of unbranched alkanes of at least 4 members (excludes halogenated alkanes) is 1. The van der Waals surface area contributed by atoms with Crippen molar-refractivity contribution >= 4 is 5.97 Å². The third-order valence-electron chi connectivity index (χ3n) is 2.15. The summed E-state index contributed by atoms with van der Waals surface area (Å²) in [5.74, 6) is -0.173. The van der Waals surface area contributed by atoms with E-state index < -0.39 is 0 Å². The molecule has 84 valence electrons. The molecule has 0 rings (SSSR count). The van der Waals surface area contributed by atoms with E-state index in [0.717, 1.165) is 12.8 Å². The Morgan fingerprint density at radius 1 is 1.29 bits per heavy atom. The fourth-order valence-electron chi connectivity index (χ4n) is 1.43. The van der Waals surface area contributed by atoms with Crippen molar-refractivity contribution in [2.45, 2.75) is 66.4 Å². The Kier molecular flexibility index (Phi) is 5.82. The highest BCUT2D eigenvalue weighted by molar-refractivity contribution is 5.66. The van der Waals surface area contributed by atoms with Gasteiger partial charge >= 0.3 is 5.97 Å². The van der Waals surface area contributed by atoms with E-state index in [1.807, 2.05) is 6.92 Å². The lowest BCUT2D eigenvalue weighted by Gasteiger charge is -2.18. The molecular weight excluding hydrogens is 176 g/mol. The molecule has 0 aromatic heterocycles. The molecule has 0 aliphatic rings. The van der Waals surface area contributed by atoms with Crippen LogP contribution in [0.1, 0.15) is 60.3 Å². The first kappa shape index (κ1) is 13.5. The first-order valence-electron chi connectivity index (χ1n) is 5.48. The van der Waals surface area contributed by atoms with Gasteiger partial charge in [0.15, 0.2) is 0 Å². The van der Waals surface area contributed by atoms with Gasteiger partial charge in [0, 0.05) is 6.92 Å². The average Bonchev–Trinajstić information content (AvgIpc) is 1.95. The second-order valence-electron chi connectivity index (χ2n) is 5.23. The van der Waals surface area contributed by atoms with Crippen LogP contribution in [0.3, 0.4) is 0 Å². The van der Waals surface area contributed by atoms with Crippen LogP contribution in [0.2, 0.25) is 0 Å². The van der Waals surface area contributed by atoms with Crippen molar-refractivity contribution in [2.24, 2.45) is 5.41 Å². The van der Waals surface area contributed by atoms with Gasteiger partial charge in [-0.3, -0.25) is 4.79 Å². The van der Waals surface area contributed by atoms with Crippen LogP contribution < -0.4 is 0 Å². The summed E-state index contributed by atoms with van der Waals surface area (Å²) >= 11 is 0. The van der Waals surface area contributed by atoms with E-state index >= 15 is 0 Å². The minimum Gasteiger partial charge on any atom is -0.463 e. The molecule has 0 bridgehead atoms. The highest BCUT2D eigenvalue weighted by Crippen LogP contribution is 2.22. The summed E-state index contributed by atoms with van der Waals surface area (Å²) in [4.78, 5) is 10.6. The quantitative estimate of drug-likeness (QED) is 0.501. The summed E-state index contributed by atoms with van der Waals surface area (Å²) < 4.78 is 5.04. The fraction of sp³-hybridized carbons (Fsp3) is 0.917.